The number of rotatable bonds is 6. The van der Waals surface area contributed by atoms with Crippen molar-refractivity contribution in [3.8, 4) is 0 Å². The molecular formula is C20H22ClF3N4O3S. The minimum atomic E-state index is -4.76. The van der Waals surface area contributed by atoms with E-state index in [0.717, 1.165) is 31.2 Å². The van der Waals surface area contributed by atoms with Gasteiger partial charge in [-0.2, -0.15) is 4.39 Å². The summed E-state index contributed by atoms with van der Waals surface area (Å²) in [7, 11) is -1.16. The first-order chi connectivity index (χ1) is 15.1. The zero-order valence-electron chi connectivity index (χ0n) is 17.4. The highest BCUT2D eigenvalue weighted by Gasteiger charge is 2.50. The van der Waals surface area contributed by atoms with Crippen LogP contribution in [0.4, 0.5) is 24.7 Å². The zero-order valence-corrected chi connectivity index (χ0v) is 19.0. The summed E-state index contributed by atoms with van der Waals surface area (Å²) in [5.41, 5.74) is -0.469. The van der Waals surface area contributed by atoms with Gasteiger partial charge < -0.3 is 14.5 Å². The second kappa shape index (κ2) is 8.36. The molecule has 3 heterocycles. The largest absolute Gasteiger partial charge is 0.375 e. The Hall–Kier alpha value is -2.08. The standard InChI is InChI=1S/C20H22ClF3N4O3S/c1-27-8-6-14(27)20(31-2)7-9-28(11-20)13-10-12(22)19(18(24)17(13)21)32(29,30)26-16-5-3-4-15(23)25-16/h3-5,10,14H,6-9,11H2,1-2H3,(H,25,26)/t14-,20-/m1/s1. The van der Waals surface area contributed by atoms with Crippen molar-refractivity contribution in [1.29, 1.82) is 0 Å². The summed E-state index contributed by atoms with van der Waals surface area (Å²) in [4.78, 5) is 5.95. The molecule has 2 aliphatic heterocycles. The van der Waals surface area contributed by atoms with E-state index in [-0.39, 0.29) is 11.7 Å². The summed E-state index contributed by atoms with van der Waals surface area (Å²) >= 11 is 6.17. The molecule has 0 amide bonds. The number of benzene rings is 1. The van der Waals surface area contributed by atoms with Crippen LogP contribution in [0.2, 0.25) is 5.02 Å². The predicted octanol–water partition coefficient (Wildman–Crippen LogP) is 3.25. The van der Waals surface area contributed by atoms with Crippen molar-refractivity contribution in [3.63, 3.8) is 0 Å². The Bertz CT molecular complexity index is 1150. The summed E-state index contributed by atoms with van der Waals surface area (Å²) in [6.45, 7) is 1.74. The third-order valence-electron chi connectivity index (χ3n) is 6.23. The SMILES string of the molecule is CO[C@]1([C@H]2CCN2C)CCN(c2cc(F)c(S(=O)(=O)Nc3cccc(F)n3)c(F)c2Cl)C1. The molecule has 1 aromatic heterocycles. The van der Waals surface area contributed by atoms with E-state index in [1.165, 1.54) is 6.07 Å². The number of hydrogen-bond acceptors (Lipinski definition) is 6. The van der Waals surface area contributed by atoms with E-state index >= 15 is 4.39 Å². The lowest BCUT2D eigenvalue weighted by Gasteiger charge is -2.48. The van der Waals surface area contributed by atoms with Crippen LogP contribution in [0.5, 0.6) is 0 Å². The van der Waals surface area contributed by atoms with Crippen molar-refractivity contribution in [2.24, 2.45) is 0 Å². The van der Waals surface area contributed by atoms with Crippen LogP contribution in [-0.4, -0.2) is 63.7 Å². The highest BCUT2D eigenvalue weighted by molar-refractivity contribution is 7.92. The average molecular weight is 491 g/mol. The number of hydrogen-bond donors (Lipinski definition) is 1. The minimum absolute atomic E-state index is 0.0467. The van der Waals surface area contributed by atoms with Crippen molar-refractivity contribution in [1.82, 2.24) is 9.88 Å². The van der Waals surface area contributed by atoms with E-state index in [9.17, 15) is 17.2 Å². The third-order valence-corrected chi connectivity index (χ3v) is 7.97. The fourth-order valence-corrected chi connectivity index (χ4v) is 5.93. The van der Waals surface area contributed by atoms with Gasteiger partial charge in [-0.15, -0.1) is 0 Å². The Balaban J connectivity index is 1.65. The van der Waals surface area contributed by atoms with Gasteiger partial charge in [-0.1, -0.05) is 17.7 Å². The van der Waals surface area contributed by atoms with Gasteiger partial charge in [0.15, 0.2) is 10.7 Å². The Morgan fingerprint density at radius 3 is 2.62 bits per heavy atom. The first kappa shape index (κ1) is 23.1. The van der Waals surface area contributed by atoms with Gasteiger partial charge in [0.1, 0.15) is 22.3 Å². The fraction of sp³-hybridized carbons (Fsp3) is 0.450. The van der Waals surface area contributed by atoms with Gasteiger partial charge in [-0.3, -0.25) is 4.72 Å². The van der Waals surface area contributed by atoms with Crippen molar-refractivity contribution < 1.29 is 26.3 Å². The molecule has 0 saturated carbocycles. The molecule has 0 spiro atoms. The molecule has 0 unspecified atom stereocenters. The number of likely N-dealkylation sites (N-methyl/N-ethyl adjacent to an activating group) is 1. The lowest BCUT2D eigenvalue weighted by Crippen LogP contribution is -2.61. The summed E-state index contributed by atoms with van der Waals surface area (Å²) in [5.74, 6) is -4.12. The van der Waals surface area contributed by atoms with E-state index < -0.39 is 48.9 Å². The number of halogens is 4. The number of nitrogens with zero attached hydrogens (tertiary/aromatic N) is 3. The summed E-state index contributed by atoms with van der Waals surface area (Å²) in [5, 5.41) is -0.521. The first-order valence-corrected chi connectivity index (χ1v) is 11.8. The van der Waals surface area contributed by atoms with E-state index in [2.05, 4.69) is 9.88 Å². The molecule has 2 aliphatic rings. The van der Waals surface area contributed by atoms with Crippen LogP contribution in [0.3, 0.4) is 0 Å². The van der Waals surface area contributed by atoms with Crippen molar-refractivity contribution in [2.45, 2.75) is 29.4 Å². The Morgan fingerprint density at radius 1 is 1.28 bits per heavy atom. The van der Waals surface area contributed by atoms with Crippen molar-refractivity contribution in [3.05, 3.63) is 46.9 Å². The number of aromatic nitrogens is 1. The fourth-order valence-electron chi connectivity index (χ4n) is 4.46. The predicted molar refractivity (Wildman–Crippen MR) is 114 cm³/mol. The van der Waals surface area contributed by atoms with Crippen LogP contribution in [0.15, 0.2) is 29.2 Å². The number of nitrogens with one attached hydrogen (secondary N) is 1. The average Bonchev–Trinajstić information content (AvgIpc) is 3.13. The van der Waals surface area contributed by atoms with Crippen LogP contribution >= 0.6 is 11.6 Å². The monoisotopic (exact) mass is 490 g/mol. The van der Waals surface area contributed by atoms with Gasteiger partial charge in [0.2, 0.25) is 5.95 Å². The highest BCUT2D eigenvalue weighted by atomic mass is 35.5. The van der Waals surface area contributed by atoms with Crippen LogP contribution in [-0.2, 0) is 14.8 Å². The number of anilines is 2. The number of ether oxygens (including phenoxy) is 1. The van der Waals surface area contributed by atoms with Crippen molar-refractivity contribution >= 4 is 33.1 Å². The highest BCUT2D eigenvalue weighted by Crippen LogP contribution is 2.42. The number of methoxy groups -OCH3 is 1. The molecule has 2 aromatic rings. The molecule has 7 nitrogen and oxygen atoms in total. The molecule has 0 radical (unpaired) electrons. The van der Waals surface area contributed by atoms with Gasteiger partial charge in [0.25, 0.3) is 10.0 Å². The van der Waals surface area contributed by atoms with Crippen LogP contribution in [0, 0.1) is 17.6 Å². The molecule has 2 atom stereocenters. The van der Waals surface area contributed by atoms with Gasteiger partial charge in [0.05, 0.1) is 5.69 Å². The molecule has 174 valence electrons. The molecule has 4 rings (SSSR count). The summed E-state index contributed by atoms with van der Waals surface area (Å²) < 4.78 is 76.2. The molecule has 1 N–H and O–H groups in total. The Labute approximate surface area is 189 Å². The molecule has 2 saturated heterocycles. The maximum Gasteiger partial charge on any atom is 0.268 e. The summed E-state index contributed by atoms with van der Waals surface area (Å²) in [6.07, 6.45) is 1.58. The first-order valence-electron chi connectivity index (χ1n) is 9.91. The zero-order chi connectivity index (χ0) is 23.3. The molecular weight excluding hydrogens is 469 g/mol. The van der Waals surface area contributed by atoms with Gasteiger partial charge >= 0.3 is 0 Å². The quantitative estimate of drug-likeness (QED) is 0.495. The van der Waals surface area contributed by atoms with Crippen LogP contribution in [0.25, 0.3) is 0 Å². The molecule has 32 heavy (non-hydrogen) atoms. The topological polar surface area (TPSA) is 74.8 Å². The molecule has 1 aromatic carbocycles. The number of likely N-dealkylation sites (tertiary alicyclic amines) is 1. The van der Waals surface area contributed by atoms with Gasteiger partial charge in [0, 0.05) is 32.3 Å². The molecule has 12 heteroatoms. The molecule has 0 bridgehead atoms. The lowest BCUT2D eigenvalue weighted by atomic mass is 9.84. The Morgan fingerprint density at radius 2 is 2.03 bits per heavy atom. The number of pyridine rings is 1. The smallest absolute Gasteiger partial charge is 0.268 e. The van der Waals surface area contributed by atoms with E-state index in [0.29, 0.717) is 19.5 Å². The number of sulfonamides is 1. The maximum absolute atomic E-state index is 15.1. The molecule has 0 aliphatic carbocycles. The third kappa shape index (κ3) is 3.91. The van der Waals surface area contributed by atoms with E-state index in [4.69, 9.17) is 16.3 Å². The molecule has 2 fully saturated rings. The van der Waals surface area contributed by atoms with E-state index in [1.807, 2.05) is 11.8 Å². The maximum atomic E-state index is 15.1. The second-order valence-electron chi connectivity index (χ2n) is 8.01. The second-order valence-corrected chi connectivity index (χ2v) is 10.0. The van der Waals surface area contributed by atoms with E-state index in [1.54, 1.807) is 12.0 Å². The van der Waals surface area contributed by atoms with Gasteiger partial charge in [-0.05, 0) is 38.6 Å². The summed E-state index contributed by atoms with van der Waals surface area (Å²) in [6, 6.07) is 4.43. The Kier molecular flexibility index (Phi) is 6.03. The lowest BCUT2D eigenvalue weighted by molar-refractivity contribution is -0.0937. The van der Waals surface area contributed by atoms with Gasteiger partial charge in [-0.25, -0.2) is 22.2 Å². The van der Waals surface area contributed by atoms with Crippen LogP contribution < -0.4 is 9.62 Å². The van der Waals surface area contributed by atoms with Crippen LogP contribution in [0.1, 0.15) is 12.8 Å². The van der Waals surface area contributed by atoms with Crippen molar-refractivity contribution in [2.75, 3.05) is 43.4 Å². The minimum Gasteiger partial charge on any atom is -0.375 e. The normalized spacial score (nSPS) is 23.9.